The van der Waals surface area contributed by atoms with E-state index in [1.807, 2.05) is 12.1 Å². The Labute approximate surface area is 107 Å². The number of carbonyl (C=O) groups excluding carboxylic acids is 1. The molecule has 0 spiro atoms. The van der Waals surface area contributed by atoms with Gasteiger partial charge in [-0.25, -0.2) is 8.42 Å². The van der Waals surface area contributed by atoms with E-state index >= 15 is 0 Å². The fourth-order valence-corrected chi connectivity index (χ4v) is 1.88. The van der Waals surface area contributed by atoms with E-state index < -0.39 is 10.0 Å². The Morgan fingerprint density at radius 1 is 1.28 bits per heavy atom. The lowest BCUT2D eigenvalue weighted by atomic mass is 10.1. The van der Waals surface area contributed by atoms with Gasteiger partial charge in [-0.2, -0.15) is 0 Å². The van der Waals surface area contributed by atoms with Gasteiger partial charge in [0.1, 0.15) is 0 Å². The van der Waals surface area contributed by atoms with Crippen LogP contribution < -0.4 is 4.31 Å². The van der Waals surface area contributed by atoms with Crippen molar-refractivity contribution in [3.63, 3.8) is 0 Å². The Kier molecular flexibility index (Phi) is 4.72. The molecule has 0 fully saturated rings. The van der Waals surface area contributed by atoms with Crippen molar-refractivity contribution < 1.29 is 17.9 Å². The molecule has 0 aliphatic carbocycles. The highest BCUT2D eigenvalue weighted by molar-refractivity contribution is 7.92. The Hall–Kier alpha value is -1.56. The summed E-state index contributed by atoms with van der Waals surface area (Å²) in [5.74, 6) is -0.302. The lowest BCUT2D eigenvalue weighted by Crippen LogP contribution is -2.24. The van der Waals surface area contributed by atoms with E-state index in [1.165, 1.54) is 18.3 Å². The summed E-state index contributed by atoms with van der Waals surface area (Å²) >= 11 is 0. The molecule has 0 aliphatic heterocycles. The smallest absolute Gasteiger partial charge is 0.302 e. The van der Waals surface area contributed by atoms with Crippen LogP contribution in [-0.2, 0) is 26.0 Å². The topological polar surface area (TPSA) is 63.7 Å². The first-order valence-electron chi connectivity index (χ1n) is 5.47. The van der Waals surface area contributed by atoms with Gasteiger partial charge in [-0.15, -0.1) is 0 Å². The van der Waals surface area contributed by atoms with E-state index in [0.29, 0.717) is 18.7 Å². The van der Waals surface area contributed by atoms with Crippen molar-refractivity contribution in [3.05, 3.63) is 29.8 Å². The van der Waals surface area contributed by atoms with Gasteiger partial charge in [-0.1, -0.05) is 12.1 Å². The van der Waals surface area contributed by atoms with E-state index in [0.717, 1.165) is 11.8 Å². The lowest BCUT2D eigenvalue weighted by molar-refractivity contribution is -0.140. The first-order valence-corrected chi connectivity index (χ1v) is 7.32. The van der Waals surface area contributed by atoms with Crippen LogP contribution in [0.3, 0.4) is 0 Å². The van der Waals surface area contributed by atoms with Crippen molar-refractivity contribution in [2.24, 2.45) is 0 Å². The second kappa shape index (κ2) is 5.86. The number of ether oxygens (including phenoxy) is 1. The average Bonchev–Trinajstić information content (AvgIpc) is 2.27. The number of esters is 1. The predicted octanol–water partition coefficient (Wildman–Crippen LogP) is 1.19. The van der Waals surface area contributed by atoms with E-state index in [-0.39, 0.29) is 5.97 Å². The average molecular weight is 271 g/mol. The molecule has 0 amide bonds. The number of hydrogen-bond donors (Lipinski definition) is 0. The number of nitrogens with zero attached hydrogens (tertiary/aromatic N) is 1. The van der Waals surface area contributed by atoms with Crippen molar-refractivity contribution in [2.45, 2.75) is 13.3 Å². The summed E-state index contributed by atoms with van der Waals surface area (Å²) in [5, 5.41) is 0. The molecule has 0 bridgehead atoms. The summed E-state index contributed by atoms with van der Waals surface area (Å²) < 4.78 is 28.7. The van der Waals surface area contributed by atoms with Crippen LogP contribution in [0.4, 0.5) is 5.69 Å². The van der Waals surface area contributed by atoms with E-state index in [4.69, 9.17) is 4.74 Å². The summed E-state index contributed by atoms with van der Waals surface area (Å²) in [7, 11) is -1.73. The Morgan fingerprint density at radius 3 is 2.28 bits per heavy atom. The Bertz CT molecular complexity index is 507. The minimum absolute atomic E-state index is 0.302. The van der Waals surface area contributed by atoms with Crippen LogP contribution >= 0.6 is 0 Å². The van der Waals surface area contributed by atoms with Crippen LogP contribution in [-0.4, -0.2) is 34.3 Å². The molecule has 0 atom stereocenters. The first-order chi connectivity index (χ1) is 8.30. The molecule has 100 valence electrons. The highest BCUT2D eigenvalue weighted by Crippen LogP contribution is 2.16. The summed E-state index contributed by atoms with van der Waals surface area (Å²) in [5.41, 5.74) is 1.59. The minimum atomic E-state index is -3.23. The van der Waals surface area contributed by atoms with Gasteiger partial charge in [0.2, 0.25) is 10.0 Å². The van der Waals surface area contributed by atoms with Crippen molar-refractivity contribution in [2.75, 3.05) is 24.2 Å². The van der Waals surface area contributed by atoms with Crippen LogP contribution in [0.2, 0.25) is 0 Å². The van der Waals surface area contributed by atoms with E-state index in [1.54, 1.807) is 12.1 Å². The first kappa shape index (κ1) is 14.5. The summed E-state index contributed by atoms with van der Waals surface area (Å²) in [6, 6.07) is 7.09. The van der Waals surface area contributed by atoms with Crippen molar-refractivity contribution in [3.8, 4) is 0 Å². The van der Waals surface area contributed by atoms with Gasteiger partial charge in [0.05, 0.1) is 18.6 Å². The normalized spacial score (nSPS) is 11.1. The molecule has 0 aromatic heterocycles. The quantitative estimate of drug-likeness (QED) is 0.755. The van der Waals surface area contributed by atoms with Gasteiger partial charge in [0.25, 0.3) is 0 Å². The molecule has 1 rings (SSSR count). The summed E-state index contributed by atoms with van der Waals surface area (Å²) in [4.78, 5) is 10.6. The van der Waals surface area contributed by atoms with Crippen molar-refractivity contribution in [1.82, 2.24) is 0 Å². The molecule has 0 unspecified atom stereocenters. The zero-order chi connectivity index (χ0) is 13.8. The molecular formula is C12H17NO4S. The number of benzene rings is 1. The molecular weight excluding hydrogens is 254 g/mol. The molecule has 0 N–H and O–H groups in total. The van der Waals surface area contributed by atoms with Crippen molar-refractivity contribution >= 4 is 21.7 Å². The Balaban J connectivity index is 2.66. The highest BCUT2D eigenvalue weighted by atomic mass is 32.2. The lowest BCUT2D eigenvalue weighted by Gasteiger charge is -2.16. The monoisotopic (exact) mass is 271 g/mol. The van der Waals surface area contributed by atoms with E-state index in [2.05, 4.69) is 0 Å². The van der Waals surface area contributed by atoms with Crippen LogP contribution in [0.1, 0.15) is 12.5 Å². The SMILES string of the molecule is CC(=O)OCCc1ccc(N(C)S(C)(=O)=O)cc1. The molecule has 0 saturated carbocycles. The second-order valence-corrected chi connectivity index (χ2v) is 6.00. The van der Waals surface area contributed by atoms with Crippen LogP contribution in [0.15, 0.2) is 24.3 Å². The summed E-state index contributed by atoms with van der Waals surface area (Å²) in [6.45, 7) is 1.70. The molecule has 0 heterocycles. The standard InChI is InChI=1S/C12H17NO4S/c1-10(14)17-9-8-11-4-6-12(7-5-11)13(2)18(3,15)16/h4-7H,8-9H2,1-3H3. The summed E-state index contributed by atoms with van der Waals surface area (Å²) in [6.07, 6.45) is 1.77. The van der Waals surface area contributed by atoms with Crippen molar-refractivity contribution in [1.29, 1.82) is 0 Å². The zero-order valence-corrected chi connectivity index (χ0v) is 11.5. The number of sulfonamides is 1. The largest absolute Gasteiger partial charge is 0.466 e. The second-order valence-electron chi connectivity index (χ2n) is 3.99. The number of rotatable bonds is 5. The van der Waals surface area contributed by atoms with Crippen LogP contribution in [0.25, 0.3) is 0 Å². The third-order valence-electron chi connectivity index (χ3n) is 2.49. The van der Waals surface area contributed by atoms with Gasteiger partial charge >= 0.3 is 5.97 Å². The molecule has 1 aromatic rings. The van der Waals surface area contributed by atoms with Gasteiger partial charge in [0, 0.05) is 20.4 Å². The fraction of sp³-hybridized carbons (Fsp3) is 0.417. The highest BCUT2D eigenvalue weighted by Gasteiger charge is 2.11. The molecule has 0 radical (unpaired) electrons. The Morgan fingerprint density at radius 2 is 1.83 bits per heavy atom. The van der Waals surface area contributed by atoms with Crippen LogP contribution in [0, 0.1) is 0 Å². The molecule has 6 heteroatoms. The van der Waals surface area contributed by atoms with Gasteiger partial charge < -0.3 is 4.74 Å². The third kappa shape index (κ3) is 4.37. The molecule has 1 aromatic carbocycles. The van der Waals surface area contributed by atoms with Gasteiger partial charge in [-0.05, 0) is 17.7 Å². The molecule has 0 aliphatic rings. The van der Waals surface area contributed by atoms with E-state index in [9.17, 15) is 13.2 Å². The maximum Gasteiger partial charge on any atom is 0.302 e. The number of carbonyl (C=O) groups is 1. The molecule has 5 nitrogen and oxygen atoms in total. The predicted molar refractivity (Wildman–Crippen MR) is 70.0 cm³/mol. The fourth-order valence-electron chi connectivity index (χ4n) is 1.38. The molecule has 0 saturated heterocycles. The van der Waals surface area contributed by atoms with Gasteiger partial charge in [0.15, 0.2) is 0 Å². The maximum atomic E-state index is 11.3. The third-order valence-corrected chi connectivity index (χ3v) is 3.70. The molecule has 18 heavy (non-hydrogen) atoms. The van der Waals surface area contributed by atoms with Gasteiger partial charge in [-0.3, -0.25) is 9.10 Å². The zero-order valence-electron chi connectivity index (χ0n) is 10.7. The number of hydrogen-bond acceptors (Lipinski definition) is 4. The number of anilines is 1. The minimum Gasteiger partial charge on any atom is -0.466 e. The maximum absolute atomic E-state index is 11.3. The van der Waals surface area contributed by atoms with Crippen LogP contribution in [0.5, 0.6) is 0 Å².